The summed E-state index contributed by atoms with van der Waals surface area (Å²) in [7, 11) is 0. The van der Waals surface area contributed by atoms with Crippen molar-refractivity contribution in [2.75, 3.05) is 17.2 Å². The van der Waals surface area contributed by atoms with Crippen LogP contribution < -0.4 is 15.4 Å². The van der Waals surface area contributed by atoms with Gasteiger partial charge in [0, 0.05) is 5.69 Å². The van der Waals surface area contributed by atoms with Crippen molar-refractivity contribution in [1.29, 1.82) is 0 Å². The maximum Gasteiger partial charge on any atom is 0.249 e. The summed E-state index contributed by atoms with van der Waals surface area (Å²) in [6.07, 6.45) is 1.53. The Morgan fingerprint density at radius 3 is 2.68 bits per heavy atom. The van der Waals surface area contributed by atoms with Gasteiger partial charge in [0.25, 0.3) is 0 Å². The lowest BCUT2D eigenvalue weighted by Gasteiger charge is -2.12. The molecule has 0 aliphatic heterocycles. The quantitative estimate of drug-likeness (QED) is 0.626. The summed E-state index contributed by atoms with van der Waals surface area (Å²) in [5.74, 6) is 1.60. The zero-order valence-electron chi connectivity index (χ0n) is 13.3. The maximum atomic E-state index is 6.01. The van der Waals surface area contributed by atoms with Gasteiger partial charge >= 0.3 is 0 Å². The van der Waals surface area contributed by atoms with Crippen LogP contribution in [0, 0.1) is 0 Å². The molecule has 0 amide bonds. The van der Waals surface area contributed by atoms with Crippen LogP contribution in [0.5, 0.6) is 5.75 Å². The summed E-state index contributed by atoms with van der Waals surface area (Å²) < 4.78 is 5.59. The molecule has 8 heteroatoms. The van der Waals surface area contributed by atoms with E-state index in [4.69, 9.17) is 27.9 Å². The Bertz CT molecular complexity index is 875. The summed E-state index contributed by atoms with van der Waals surface area (Å²) in [4.78, 5) is 4.39. The third-order valence-corrected chi connectivity index (χ3v) is 3.92. The van der Waals surface area contributed by atoms with Crippen LogP contribution in [0.2, 0.25) is 10.0 Å². The molecule has 0 fully saturated rings. The summed E-state index contributed by atoms with van der Waals surface area (Å²) in [6, 6.07) is 12.8. The highest BCUT2D eigenvalue weighted by Gasteiger charge is 2.07. The monoisotopic (exact) mass is 375 g/mol. The van der Waals surface area contributed by atoms with E-state index in [1.54, 1.807) is 18.2 Å². The van der Waals surface area contributed by atoms with E-state index in [0.29, 0.717) is 34.1 Å². The van der Waals surface area contributed by atoms with Gasteiger partial charge < -0.3 is 15.4 Å². The largest absolute Gasteiger partial charge is 0.492 e. The van der Waals surface area contributed by atoms with E-state index in [9.17, 15) is 0 Å². The average molecular weight is 376 g/mol. The van der Waals surface area contributed by atoms with Crippen LogP contribution in [-0.2, 0) is 0 Å². The number of nitrogens with zero attached hydrogens (tertiary/aromatic N) is 3. The molecule has 0 radical (unpaired) electrons. The zero-order chi connectivity index (χ0) is 17.6. The van der Waals surface area contributed by atoms with Crippen molar-refractivity contribution < 1.29 is 4.74 Å². The number of hydrogen-bond acceptors (Lipinski definition) is 6. The van der Waals surface area contributed by atoms with Crippen LogP contribution in [0.15, 0.2) is 48.7 Å². The van der Waals surface area contributed by atoms with E-state index >= 15 is 0 Å². The van der Waals surface area contributed by atoms with Gasteiger partial charge in [0.2, 0.25) is 5.95 Å². The molecule has 0 unspecified atom stereocenters. The second-order valence-electron chi connectivity index (χ2n) is 4.97. The van der Waals surface area contributed by atoms with Crippen molar-refractivity contribution in [3.8, 4) is 5.75 Å². The first-order valence-corrected chi connectivity index (χ1v) is 8.32. The molecule has 0 saturated heterocycles. The molecule has 3 aromatic rings. The van der Waals surface area contributed by atoms with Gasteiger partial charge in [-0.1, -0.05) is 35.3 Å². The van der Waals surface area contributed by atoms with Crippen molar-refractivity contribution in [3.05, 3.63) is 58.7 Å². The molecule has 3 rings (SSSR count). The molecule has 0 bridgehead atoms. The Balaban J connectivity index is 1.78. The molecule has 1 heterocycles. The lowest BCUT2D eigenvalue weighted by Crippen LogP contribution is -2.03. The fraction of sp³-hybridized carbons (Fsp3) is 0.118. The van der Waals surface area contributed by atoms with Crippen LogP contribution in [0.4, 0.5) is 23.1 Å². The number of nitrogens with one attached hydrogen (secondary N) is 2. The van der Waals surface area contributed by atoms with Gasteiger partial charge in [0.1, 0.15) is 5.75 Å². The van der Waals surface area contributed by atoms with E-state index < -0.39 is 0 Å². The number of para-hydroxylation sites is 2. The van der Waals surface area contributed by atoms with E-state index in [1.807, 2.05) is 31.2 Å². The van der Waals surface area contributed by atoms with Gasteiger partial charge in [-0.15, -0.1) is 5.10 Å². The third-order valence-electron chi connectivity index (χ3n) is 3.18. The standard InChI is InChI=1S/C17H15Cl2N5O/c1-2-25-15-6-4-3-5-14(15)22-16-10-20-24-17(23-16)21-11-7-8-12(18)13(19)9-11/h3-10H,2H2,1H3,(H2,21,22,23,24). The highest BCUT2D eigenvalue weighted by atomic mass is 35.5. The van der Waals surface area contributed by atoms with E-state index in [-0.39, 0.29) is 0 Å². The Kier molecular flexibility index (Phi) is 5.53. The molecule has 0 saturated carbocycles. The highest BCUT2D eigenvalue weighted by molar-refractivity contribution is 6.42. The first kappa shape index (κ1) is 17.3. The first-order chi connectivity index (χ1) is 12.2. The van der Waals surface area contributed by atoms with Crippen LogP contribution in [0.25, 0.3) is 0 Å². The highest BCUT2D eigenvalue weighted by Crippen LogP contribution is 2.28. The molecular weight excluding hydrogens is 361 g/mol. The smallest absolute Gasteiger partial charge is 0.249 e. The van der Waals surface area contributed by atoms with Crippen molar-refractivity contribution in [1.82, 2.24) is 15.2 Å². The maximum absolute atomic E-state index is 6.01. The molecular formula is C17H15Cl2N5O. The van der Waals surface area contributed by atoms with Gasteiger partial charge in [0.05, 0.1) is 28.5 Å². The van der Waals surface area contributed by atoms with Gasteiger partial charge in [-0.3, -0.25) is 0 Å². The minimum absolute atomic E-state index is 0.331. The predicted molar refractivity (Wildman–Crippen MR) is 100 cm³/mol. The van der Waals surface area contributed by atoms with Crippen LogP contribution in [-0.4, -0.2) is 21.8 Å². The number of anilines is 4. The van der Waals surface area contributed by atoms with Gasteiger partial charge in [-0.2, -0.15) is 10.1 Å². The molecule has 128 valence electrons. The molecule has 0 aliphatic carbocycles. The second kappa shape index (κ2) is 8.00. The molecule has 2 N–H and O–H groups in total. The topological polar surface area (TPSA) is 72.0 Å². The van der Waals surface area contributed by atoms with Gasteiger partial charge in [0.15, 0.2) is 5.82 Å². The van der Waals surface area contributed by atoms with Crippen LogP contribution in [0.3, 0.4) is 0 Å². The number of halogens is 2. The Morgan fingerprint density at radius 1 is 1.04 bits per heavy atom. The SMILES string of the molecule is CCOc1ccccc1Nc1cnnc(Nc2ccc(Cl)c(Cl)c2)n1. The van der Waals surface area contributed by atoms with E-state index in [1.165, 1.54) is 6.20 Å². The van der Waals surface area contributed by atoms with Crippen molar-refractivity contribution in [2.45, 2.75) is 6.92 Å². The Morgan fingerprint density at radius 2 is 1.88 bits per heavy atom. The molecule has 0 aliphatic rings. The minimum atomic E-state index is 0.331. The minimum Gasteiger partial charge on any atom is -0.492 e. The van der Waals surface area contributed by atoms with Gasteiger partial charge in [-0.05, 0) is 37.3 Å². The second-order valence-corrected chi connectivity index (χ2v) is 5.79. The number of benzene rings is 2. The molecule has 0 atom stereocenters. The van der Waals surface area contributed by atoms with Crippen molar-refractivity contribution in [2.24, 2.45) is 0 Å². The van der Waals surface area contributed by atoms with Crippen LogP contribution >= 0.6 is 23.2 Å². The van der Waals surface area contributed by atoms with Crippen molar-refractivity contribution >= 4 is 46.3 Å². The summed E-state index contributed by atoms with van der Waals surface area (Å²) >= 11 is 11.9. The summed E-state index contributed by atoms with van der Waals surface area (Å²) in [5.41, 5.74) is 1.51. The number of ether oxygens (including phenoxy) is 1. The zero-order valence-corrected chi connectivity index (χ0v) is 14.8. The molecule has 2 aromatic carbocycles. The normalized spacial score (nSPS) is 10.4. The molecule has 6 nitrogen and oxygen atoms in total. The first-order valence-electron chi connectivity index (χ1n) is 7.56. The molecule has 25 heavy (non-hydrogen) atoms. The summed E-state index contributed by atoms with van der Waals surface area (Å²) in [5, 5.41) is 15.1. The van der Waals surface area contributed by atoms with Crippen molar-refractivity contribution in [3.63, 3.8) is 0 Å². The van der Waals surface area contributed by atoms with Crippen LogP contribution in [0.1, 0.15) is 6.92 Å². The lowest BCUT2D eigenvalue weighted by molar-refractivity contribution is 0.342. The fourth-order valence-corrected chi connectivity index (χ4v) is 2.41. The number of rotatable bonds is 6. The van der Waals surface area contributed by atoms with E-state index in [2.05, 4.69) is 25.8 Å². The Hall–Kier alpha value is -2.57. The summed E-state index contributed by atoms with van der Waals surface area (Å²) in [6.45, 7) is 2.51. The molecule has 0 spiro atoms. The number of aromatic nitrogens is 3. The third kappa shape index (κ3) is 4.49. The molecule has 1 aromatic heterocycles. The predicted octanol–water partition coefficient (Wildman–Crippen LogP) is 5.06. The fourth-order valence-electron chi connectivity index (χ4n) is 2.11. The van der Waals surface area contributed by atoms with E-state index in [0.717, 1.165) is 11.4 Å². The lowest BCUT2D eigenvalue weighted by atomic mass is 10.3. The Labute approximate surface area is 155 Å². The number of hydrogen-bond donors (Lipinski definition) is 2. The average Bonchev–Trinajstić information content (AvgIpc) is 2.61. The van der Waals surface area contributed by atoms with Gasteiger partial charge in [-0.25, -0.2) is 0 Å².